The van der Waals surface area contributed by atoms with Gasteiger partial charge in [-0.15, -0.1) is 11.8 Å². The number of methoxy groups -OCH3 is 1. The van der Waals surface area contributed by atoms with Crippen LogP contribution in [0.15, 0.2) is 77.7 Å². The number of hydrogen-bond donors (Lipinski definition) is 1. The number of hydrogen-bond acceptors (Lipinski definition) is 4. The molecule has 2 unspecified atom stereocenters. The summed E-state index contributed by atoms with van der Waals surface area (Å²) in [6.45, 7) is 2.23. The van der Waals surface area contributed by atoms with E-state index in [9.17, 15) is 9.59 Å². The van der Waals surface area contributed by atoms with Crippen molar-refractivity contribution in [2.45, 2.75) is 23.3 Å². The van der Waals surface area contributed by atoms with Crippen molar-refractivity contribution in [1.29, 1.82) is 0 Å². The predicted molar refractivity (Wildman–Crippen MR) is 138 cm³/mol. The van der Waals surface area contributed by atoms with Gasteiger partial charge < -0.3 is 14.6 Å². The number of H-pyrrole nitrogens is 1. The fourth-order valence-electron chi connectivity index (χ4n) is 5.59. The highest BCUT2D eigenvalue weighted by Gasteiger charge is 2.60. The molecule has 1 N–H and O–H groups in total. The van der Waals surface area contributed by atoms with Crippen LogP contribution in [0, 0.1) is 0 Å². The summed E-state index contributed by atoms with van der Waals surface area (Å²) < 4.78 is 5.71. The van der Waals surface area contributed by atoms with Crippen LogP contribution in [-0.2, 0) is 10.3 Å². The Kier molecular flexibility index (Phi) is 4.93. The van der Waals surface area contributed by atoms with Crippen LogP contribution in [0.3, 0.4) is 0 Å². The summed E-state index contributed by atoms with van der Waals surface area (Å²) in [4.78, 5) is 35.5. The second-order valence-electron chi connectivity index (χ2n) is 9.06. The van der Waals surface area contributed by atoms with Crippen molar-refractivity contribution in [1.82, 2.24) is 9.88 Å². The van der Waals surface area contributed by atoms with Gasteiger partial charge in [-0.2, -0.15) is 0 Å². The Morgan fingerprint density at radius 1 is 1.00 bits per heavy atom. The molecule has 0 aliphatic carbocycles. The van der Waals surface area contributed by atoms with E-state index in [1.807, 2.05) is 79.9 Å². The fraction of sp³-hybridized carbons (Fsp3) is 0.214. The highest BCUT2D eigenvalue weighted by Crippen LogP contribution is 2.51. The van der Waals surface area contributed by atoms with Crippen LogP contribution in [0.2, 0.25) is 0 Å². The molecule has 0 radical (unpaired) electrons. The van der Waals surface area contributed by atoms with Crippen LogP contribution in [0.1, 0.15) is 29.7 Å². The zero-order valence-electron chi connectivity index (χ0n) is 19.7. The van der Waals surface area contributed by atoms with Crippen LogP contribution >= 0.6 is 11.8 Å². The Bertz CT molecular complexity index is 1480. The average molecular weight is 484 g/mol. The molecule has 0 spiro atoms. The van der Waals surface area contributed by atoms with E-state index < -0.39 is 5.54 Å². The number of thioether (sulfide) groups is 1. The molecular formula is C28H25N3O3S. The van der Waals surface area contributed by atoms with Gasteiger partial charge in [0.15, 0.2) is 5.54 Å². The van der Waals surface area contributed by atoms with E-state index in [1.54, 1.807) is 23.8 Å². The first-order chi connectivity index (χ1) is 17.0. The van der Waals surface area contributed by atoms with Crippen LogP contribution in [0.4, 0.5) is 10.5 Å². The second kappa shape index (κ2) is 7.92. The molecular weight excluding hydrogens is 458 g/mol. The number of aromatic nitrogens is 1. The molecule has 3 heterocycles. The van der Waals surface area contributed by atoms with Gasteiger partial charge in [-0.3, -0.25) is 4.79 Å². The molecule has 4 aromatic rings. The second-order valence-corrected chi connectivity index (χ2v) is 9.94. The van der Waals surface area contributed by atoms with Crippen LogP contribution in [-0.4, -0.2) is 41.7 Å². The van der Waals surface area contributed by atoms with Crippen molar-refractivity contribution in [3.8, 4) is 5.75 Å². The van der Waals surface area contributed by atoms with Gasteiger partial charge in [-0.25, -0.2) is 9.69 Å². The van der Waals surface area contributed by atoms with Crippen LogP contribution in [0.5, 0.6) is 5.75 Å². The van der Waals surface area contributed by atoms with E-state index >= 15 is 0 Å². The maximum atomic E-state index is 14.0. The third kappa shape index (κ3) is 2.97. The summed E-state index contributed by atoms with van der Waals surface area (Å²) >= 11 is 1.62. The lowest BCUT2D eigenvalue weighted by molar-refractivity contribution is -0.125. The van der Waals surface area contributed by atoms with Crippen LogP contribution < -0.4 is 9.64 Å². The molecule has 176 valence electrons. The third-order valence-electron chi connectivity index (χ3n) is 7.37. The predicted octanol–water partition coefficient (Wildman–Crippen LogP) is 5.73. The number of carbonyl (C=O) groups excluding carboxylic acids is 2. The standard InChI is InChI=1S/C28H25N3O3S/c1-28-25-24(20-9-4-6-10-22(20)29-25)21(19-8-5-7-11-23(19)34-2)16-30(28)27(33)31(26(28)32)17-12-14-18(35-3)15-13-17/h4-15,21,29H,16H2,1-3H3. The van der Waals surface area contributed by atoms with Crippen molar-refractivity contribution in [3.05, 3.63) is 89.6 Å². The molecule has 0 saturated carbocycles. The van der Waals surface area contributed by atoms with Crippen molar-refractivity contribution in [2.24, 2.45) is 0 Å². The molecule has 1 fully saturated rings. The minimum atomic E-state index is -1.14. The normalized spacial score (nSPS) is 21.4. The largest absolute Gasteiger partial charge is 0.496 e. The Labute approximate surface area is 207 Å². The molecule has 1 aromatic heterocycles. The van der Waals surface area contributed by atoms with Crippen molar-refractivity contribution in [3.63, 3.8) is 0 Å². The molecule has 3 aromatic carbocycles. The van der Waals surface area contributed by atoms with Crippen molar-refractivity contribution >= 4 is 40.3 Å². The summed E-state index contributed by atoms with van der Waals surface area (Å²) in [5, 5.41) is 1.06. The minimum Gasteiger partial charge on any atom is -0.496 e. The average Bonchev–Trinajstić information content (AvgIpc) is 3.38. The minimum absolute atomic E-state index is 0.152. The molecule has 7 heteroatoms. The van der Waals surface area contributed by atoms with E-state index in [0.29, 0.717) is 12.2 Å². The SMILES string of the molecule is COc1ccccc1C1CN2C(=O)N(c3ccc(SC)cc3)C(=O)C2(C)c2[nH]c3ccccc3c21. The molecule has 35 heavy (non-hydrogen) atoms. The Balaban J connectivity index is 1.57. The number of aromatic amines is 1. The molecule has 3 amide bonds. The quantitative estimate of drug-likeness (QED) is 0.297. The first-order valence-electron chi connectivity index (χ1n) is 11.5. The maximum absolute atomic E-state index is 14.0. The summed E-state index contributed by atoms with van der Waals surface area (Å²) in [5.41, 5.74) is 3.20. The Morgan fingerprint density at radius 3 is 2.46 bits per heavy atom. The number of urea groups is 1. The number of para-hydroxylation sites is 2. The Hall–Kier alpha value is -3.71. The summed E-state index contributed by atoms with van der Waals surface area (Å²) in [5.74, 6) is 0.367. The van der Waals surface area contributed by atoms with Crippen molar-refractivity contribution in [2.75, 3.05) is 24.8 Å². The summed E-state index contributed by atoms with van der Waals surface area (Å²) in [6, 6.07) is 23.2. The topological polar surface area (TPSA) is 65.6 Å². The van der Waals surface area contributed by atoms with E-state index in [0.717, 1.165) is 38.4 Å². The number of nitrogens with zero attached hydrogens (tertiary/aromatic N) is 2. The lowest BCUT2D eigenvalue weighted by Gasteiger charge is -2.40. The molecule has 6 rings (SSSR count). The van der Waals surface area contributed by atoms with Gasteiger partial charge >= 0.3 is 6.03 Å². The monoisotopic (exact) mass is 483 g/mol. The van der Waals surface area contributed by atoms with E-state index in [2.05, 4.69) is 11.1 Å². The lowest BCUT2D eigenvalue weighted by atomic mass is 9.78. The molecule has 1 saturated heterocycles. The fourth-order valence-corrected chi connectivity index (χ4v) is 5.99. The van der Waals surface area contributed by atoms with Crippen LogP contribution in [0.25, 0.3) is 10.9 Å². The highest BCUT2D eigenvalue weighted by molar-refractivity contribution is 7.98. The molecule has 6 nitrogen and oxygen atoms in total. The van der Waals surface area contributed by atoms with Gasteiger partial charge in [-0.05, 0) is 55.1 Å². The maximum Gasteiger partial charge on any atom is 0.332 e. The van der Waals surface area contributed by atoms with Gasteiger partial charge in [0.25, 0.3) is 5.91 Å². The van der Waals surface area contributed by atoms with Gasteiger partial charge in [0, 0.05) is 33.8 Å². The molecule has 0 bridgehead atoms. The lowest BCUT2D eigenvalue weighted by Crippen LogP contribution is -2.50. The number of imide groups is 1. The Morgan fingerprint density at radius 2 is 1.71 bits per heavy atom. The smallest absolute Gasteiger partial charge is 0.332 e. The zero-order chi connectivity index (χ0) is 24.3. The number of benzene rings is 3. The number of carbonyl (C=O) groups is 2. The highest BCUT2D eigenvalue weighted by atomic mass is 32.2. The van der Waals surface area contributed by atoms with E-state index in [1.165, 1.54) is 4.90 Å². The first-order valence-corrected chi connectivity index (χ1v) is 12.8. The number of amides is 3. The summed E-state index contributed by atoms with van der Waals surface area (Å²) in [7, 11) is 1.66. The zero-order valence-corrected chi connectivity index (χ0v) is 20.6. The van der Waals surface area contributed by atoms with Gasteiger partial charge in [0.05, 0.1) is 18.5 Å². The van der Waals surface area contributed by atoms with E-state index in [-0.39, 0.29) is 17.9 Å². The van der Waals surface area contributed by atoms with Gasteiger partial charge in [-0.1, -0.05) is 36.4 Å². The van der Waals surface area contributed by atoms with E-state index in [4.69, 9.17) is 4.74 Å². The molecule has 2 aliphatic heterocycles. The summed E-state index contributed by atoms with van der Waals surface area (Å²) in [6.07, 6.45) is 2.00. The molecule has 2 atom stereocenters. The number of ether oxygens (including phenoxy) is 1. The molecule has 2 aliphatic rings. The first kappa shape index (κ1) is 21.8. The third-order valence-corrected chi connectivity index (χ3v) is 8.12. The number of fused-ring (bicyclic) bond motifs is 5. The number of rotatable bonds is 4. The van der Waals surface area contributed by atoms with Gasteiger partial charge in [0.1, 0.15) is 5.75 Å². The van der Waals surface area contributed by atoms with Crippen molar-refractivity contribution < 1.29 is 14.3 Å². The van der Waals surface area contributed by atoms with Gasteiger partial charge in [0.2, 0.25) is 0 Å². The number of nitrogens with one attached hydrogen (secondary N) is 1. The number of anilines is 1.